The van der Waals surface area contributed by atoms with Crippen LogP contribution in [-0.4, -0.2) is 23.7 Å². The lowest BCUT2D eigenvalue weighted by molar-refractivity contribution is -0.134. The first-order chi connectivity index (χ1) is 14.1. The SMILES string of the molecule is O=C1[C@@H](CO)O[C@H](c2ccccc2Cl)c2cc(Cl)ccc2N1Cc1ccccc1. The molecule has 6 heteroatoms. The number of benzene rings is 3. The van der Waals surface area contributed by atoms with Gasteiger partial charge >= 0.3 is 0 Å². The minimum atomic E-state index is -1.02. The second kappa shape index (κ2) is 8.56. The number of amides is 1. The van der Waals surface area contributed by atoms with E-state index in [-0.39, 0.29) is 5.91 Å². The number of fused-ring (bicyclic) bond motifs is 1. The number of aliphatic hydroxyl groups excluding tert-OH is 1. The number of anilines is 1. The van der Waals surface area contributed by atoms with Crippen LogP contribution in [0.4, 0.5) is 5.69 Å². The largest absolute Gasteiger partial charge is 0.393 e. The van der Waals surface area contributed by atoms with E-state index in [4.69, 9.17) is 27.9 Å². The molecule has 0 saturated heterocycles. The van der Waals surface area contributed by atoms with Crippen molar-refractivity contribution in [2.45, 2.75) is 18.8 Å². The van der Waals surface area contributed by atoms with Crippen molar-refractivity contribution in [2.75, 3.05) is 11.5 Å². The maximum atomic E-state index is 13.3. The quantitative estimate of drug-likeness (QED) is 0.636. The van der Waals surface area contributed by atoms with Crippen molar-refractivity contribution < 1.29 is 14.6 Å². The van der Waals surface area contributed by atoms with Crippen molar-refractivity contribution in [1.82, 2.24) is 0 Å². The molecule has 0 aliphatic carbocycles. The van der Waals surface area contributed by atoms with Crippen LogP contribution in [0, 0.1) is 0 Å². The zero-order valence-electron chi connectivity index (χ0n) is 15.5. The van der Waals surface area contributed by atoms with Gasteiger partial charge in [0, 0.05) is 21.2 Å². The third kappa shape index (κ3) is 4.02. The van der Waals surface area contributed by atoms with Crippen LogP contribution >= 0.6 is 23.2 Å². The van der Waals surface area contributed by atoms with Crippen LogP contribution in [0.15, 0.2) is 72.8 Å². The summed E-state index contributed by atoms with van der Waals surface area (Å²) in [5, 5.41) is 11.0. The van der Waals surface area contributed by atoms with E-state index in [1.54, 1.807) is 23.1 Å². The van der Waals surface area contributed by atoms with Crippen LogP contribution in [-0.2, 0) is 16.1 Å². The summed E-state index contributed by atoms with van der Waals surface area (Å²) < 4.78 is 6.10. The highest BCUT2D eigenvalue weighted by molar-refractivity contribution is 6.31. The lowest BCUT2D eigenvalue weighted by Gasteiger charge is -2.24. The summed E-state index contributed by atoms with van der Waals surface area (Å²) in [6, 6.07) is 22.3. The molecule has 148 valence electrons. The van der Waals surface area contributed by atoms with Gasteiger partial charge in [0.1, 0.15) is 6.10 Å². The van der Waals surface area contributed by atoms with Gasteiger partial charge in [0.25, 0.3) is 5.91 Å². The maximum Gasteiger partial charge on any atom is 0.258 e. The van der Waals surface area contributed by atoms with Gasteiger partial charge in [-0.1, -0.05) is 71.7 Å². The average molecular weight is 428 g/mol. The topological polar surface area (TPSA) is 49.8 Å². The Labute approximate surface area is 179 Å². The van der Waals surface area contributed by atoms with E-state index in [0.717, 1.165) is 11.1 Å². The number of aliphatic hydroxyl groups is 1. The van der Waals surface area contributed by atoms with Gasteiger partial charge in [-0.2, -0.15) is 0 Å². The Hall–Kier alpha value is -2.37. The number of hydrogen-bond acceptors (Lipinski definition) is 3. The van der Waals surface area contributed by atoms with Gasteiger partial charge < -0.3 is 14.7 Å². The minimum absolute atomic E-state index is 0.311. The molecule has 0 aromatic heterocycles. The number of carbonyl (C=O) groups excluding carboxylic acids is 1. The molecule has 0 saturated carbocycles. The Morgan fingerprint density at radius 1 is 0.931 bits per heavy atom. The highest BCUT2D eigenvalue weighted by Crippen LogP contribution is 2.41. The average Bonchev–Trinajstić information content (AvgIpc) is 2.84. The minimum Gasteiger partial charge on any atom is -0.393 e. The first-order valence-electron chi connectivity index (χ1n) is 9.24. The van der Waals surface area contributed by atoms with Crippen molar-refractivity contribution in [3.63, 3.8) is 0 Å². The summed E-state index contributed by atoms with van der Waals surface area (Å²) in [5.41, 5.74) is 3.09. The summed E-state index contributed by atoms with van der Waals surface area (Å²) in [7, 11) is 0. The molecule has 4 rings (SSSR count). The highest BCUT2D eigenvalue weighted by atomic mass is 35.5. The Bertz CT molecular complexity index is 1030. The van der Waals surface area contributed by atoms with E-state index in [0.29, 0.717) is 27.8 Å². The normalized spacial score (nSPS) is 19.0. The fourth-order valence-corrected chi connectivity index (χ4v) is 3.96. The molecule has 0 unspecified atom stereocenters. The predicted octanol–water partition coefficient (Wildman–Crippen LogP) is 5.01. The standard InChI is InChI=1S/C23H19Cl2NO3/c24-16-10-11-20-18(12-16)22(17-8-4-5-9-19(17)25)29-21(14-27)23(28)26(20)13-15-6-2-1-3-7-15/h1-12,21-22,27H,13-14H2/t21-,22-/m1/s1. The van der Waals surface area contributed by atoms with E-state index in [1.165, 1.54) is 0 Å². The van der Waals surface area contributed by atoms with Gasteiger partial charge in [0.15, 0.2) is 6.10 Å². The van der Waals surface area contributed by atoms with Crippen molar-refractivity contribution in [3.8, 4) is 0 Å². The van der Waals surface area contributed by atoms with E-state index < -0.39 is 18.8 Å². The molecule has 0 bridgehead atoms. The predicted molar refractivity (Wildman–Crippen MR) is 114 cm³/mol. The molecule has 1 aliphatic heterocycles. The molecule has 1 aliphatic rings. The lowest BCUT2D eigenvalue weighted by atomic mass is 9.99. The van der Waals surface area contributed by atoms with Gasteiger partial charge in [0.05, 0.1) is 18.8 Å². The zero-order chi connectivity index (χ0) is 20.4. The summed E-state index contributed by atoms with van der Waals surface area (Å²) in [6.45, 7) is -0.0871. The summed E-state index contributed by atoms with van der Waals surface area (Å²) in [5.74, 6) is -0.311. The van der Waals surface area contributed by atoms with Crippen LogP contribution in [0.5, 0.6) is 0 Å². The Kier molecular flexibility index (Phi) is 5.88. The highest BCUT2D eigenvalue weighted by Gasteiger charge is 2.37. The first-order valence-corrected chi connectivity index (χ1v) is 9.99. The van der Waals surface area contributed by atoms with Gasteiger partial charge in [0.2, 0.25) is 0 Å². The van der Waals surface area contributed by atoms with Crippen LogP contribution in [0.25, 0.3) is 0 Å². The molecule has 0 radical (unpaired) electrons. The molecule has 1 heterocycles. The smallest absolute Gasteiger partial charge is 0.258 e. The Morgan fingerprint density at radius 2 is 1.66 bits per heavy atom. The zero-order valence-corrected chi connectivity index (χ0v) is 17.0. The molecular formula is C23H19Cl2NO3. The second-order valence-corrected chi connectivity index (χ2v) is 7.67. The van der Waals surface area contributed by atoms with Gasteiger partial charge in [-0.3, -0.25) is 4.79 Å². The number of rotatable bonds is 4. The molecule has 3 aromatic rings. The second-order valence-electron chi connectivity index (χ2n) is 6.82. The van der Waals surface area contributed by atoms with Gasteiger partial charge in [-0.15, -0.1) is 0 Å². The van der Waals surface area contributed by atoms with Gasteiger partial charge in [-0.05, 0) is 29.8 Å². The molecule has 1 amide bonds. The summed E-state index contributed by atoms with van der Waals surface area (Å²) >= 11 is 12.7. The van der Waals surface area contributed by atoms with Crippen molar-refractivity contribution in [1.29, 1.82) is 0 Å². The number of halogens is 2. The third-order valence-electron chi connectivity index (χ3n) is 4.94. The summed E-state index contributed by atoms with van der Waals surface area (Å²) in [4.78, 5) is 14.9. The van der Waals surface area contributed by atoms with E-state index in [2.05, 4.69) is 0 Å². The Morgan fingerprint density at radius 3 is 2.38 bits per heavy atom. The Balaban J connectivity index is 1.87. The molecule has 4 nitrogen and oxygen atoms in total. The van der Waals surface area contributed by atoms with E-state index in [9.17, 15) is 9.90 Å². The van der Waals surface area contributed by atoms with Crippen molar-refractivity contribution in [3.05, 3.63) is 99.5 Å². The third-order valence-corrected chi connectivity index (χ3v) is 5.52. The number of nitrogens with zero attached hydrogens (tertiary/aromatic N) is 1. The molecule has 2 atom stereocenters. The fourth-order valence-electron chi connectivity index (χ4n) is 3.55. The molecule has 3 aromatic carbocycles. The first kappa shape index (κ1) is 19.9. The number of hydrogen-bond donors (Lipinski definition) is 1. The molecule has 1 N–H and O–H groups in total. The molecular weight excluding hydrogens is 409 g/mol. The van der Waals surface area contributed by atoms with Crippen LogP contribution in [0.2, 0.25) is 10.0 Å². The monoisotopic (exact) mass is 427 g/mol. The maximum absolute atomic E-state index is 13.3. The van der Waals surface area contributed by atoms with Crippen LogP contribution in [0.1, 0.15) is 22.8 Å². The fraction of sp³-hybridized carbons (Fsp3) is 0.174. The molecule has 0 spiro atoms. The van der Waals surface area contributed by atoms with Crippen LogP contribution in [0.3, 0.4) is 0 Å². The van der Waals surface area contributed by atoms with Gasteiger partial charge in [-0.25, -0.2) is 0 Å². The lowest BCUT2D eigenvalue weighted by Crippen LogP contribution is -2.40. The summed E-state index contributed by atoms with van der Waals surface area (Å²) in [6.07, 6.45) is -1.66. The number of ether oxygens (including phenoxy) is 1. The number of carbonyl (C=O) groups is 1. The molecule has 0 fully saturated rings. The molecule has 29 heavy (non-hydrogen) atoms. The van der Waals surface area contributed by atoms with E-state index in [1.807, 2.05) is 54.6 Å². The van der Waals surface area contributed by atoms with Crippen molar-refractivity contribution in [2.24, 2.45) is 0 Å². The van der Waals surface area contributed by atoms with Crippen molar-refractivity contribution >= 4 is 34.8 Å². The van der Waals surface area contributed by atoms with Crippen LogP contribution < -0.4 is 4.90 Å². The van der Waals surface area contributed by atoms with E-state index >= 15 is 0 Å².